The molecule has 1 aromatic carbocycles. The van der Waals surface area contributed by atoms with Crippen molar-refractivity contribution >= 4 is 29.5 Å². The second kappa shape index (κ2) is 7.31. The lowest BCUT2D eigenvalue weighted by atomic mass is 10.1. The predicted molar refractivity (Wildman–Crippen MR) is 83.7 cm³/mol. The van der Waals surface area contributed by atoms with Crippen molar-refractivity contribution in [1.82, 2.24) is 10.2 Å². The third-order valence-corrected chi connectivity index (χ3v) is 4.52. The monoisotopic (exact) mass is 322 g/mol. The molecule has 1 heterocycles. The van der Waals surface area contributed by atoms with Crippen LogP contribution in [0.15, 0.2) is 24.3 Å². The highest BCUT2D eigenvalue weighted by Crippen LogP contribution is 2.20. The summed E-state index contributed by atoms with van der Waals surface area (Å²) in [5.41, 5.74) is 1.20. The molecule has 2 amide bonds. The number of benzene rings is 1. The van der Waals surface area contributed by atoms with Crippen molar-refractivity contribution in [3.8, 4) is 0 Å². The molecule has 2 N–H and O–H groups in total. The Kier molecular flexibility index (Phi) is 5.43. The summed E-state index contributed by atoms with van der Waals surface area (Å²) in [7, 11) is 0. The van der Waals surface area contributed by atoms with Gasteiger partial charge in [0.05, 0.1) is 11.4 Å². The number of amides is 2. The zero-order valence-electron chi connectivity index (χ0n) is 12.2. The Morgan fingerprint density at radius 1 is 1.32 bits per heavy atom. The molecule has 2 rings (SSSR count). The minimum absolute atomic E-state index is 0.0885. The molecule has 0 bridgehead atoms. The number of carbonyl (C=O) groups is 3. The molecule has 0 spiro atoms. The second-order valence-corrected chi connectivity index (χ2v) is 6.05. The third kappa shape index (κ3) is 4.00. The normalized spacial score (nSPS) is 17.3. The molecule has 0 saturated carbocycles. The van der Waals surface area contributed by atoms with Crippen molar-refractivity contribution in [2.24, 2.45) is 0 Å². The van der Waals surface area contributed by atoms with Crippen LogP contribution in [0.5, 0.6) is 0 Å². The third-order valence-electron chi connectivity index (χ3n) is 3.50. The van der Waals surface area contributed by atoms with E-state index < -0.39 is 12.0 Å². The highest BCUT2D eigenvalue weighted by Gasteiger charge is 2.32. The number of nitrogens with one attached hydrogen (secondary N) is 1. The SMILES string of the molecule is CC(=O)N1CSCC1C(=O)NCCc1ccc(C(=O)O)cc1. The van der Waals surface area contributed by atoms with Crippen LogP contribution in [0.25, 0.3) is 0 Å². The maximum atomic E-state index is 12.1. The lowest BCUT2D eigenvalue weighted by Gasteiger charge is -2.21. The largest absolute Gasteiger partial charge is 0.478 e. The van der Waals surface area contributed by atoms with E-state index in [0.29, 0.717) is 24.6 Å². The van der Waals surface area contributed by atoms with E-state index in [0.717, 1.165) is 5.56 Å². The highest BCUT2D eigenvalue weighted by atomic mass is 32.2. The molecule has 0 aliphatic carbocycles. The van der Waals surface area contributed by atoms with Gasteiger partial charge in [-0.15, -0.1) is 11.8 Å². The van der Waals surface area contributed by atoms with Crippen molar-refractivity contribution in [3.05, 3.63) is 35.4 Å². The van der Waals surface area contributed by atoms with Crippen LogP contribution >= 0.6 is 11.8 Å². The van der Waals surface area contributed by atoms with Crippen LogP contribution in [-0.2, 0) is 16.0 Å². The summed E-state index contributed by atoms with van der Waals surface area (Å²) in [4.78, 5) is 35.9. The molecule has 1 aliphatic heterocycles. The summed E-state index contributed by atoms with van der Waals surface area (Å²) in [6, 6.07) is 6.18. The number of nitrogens with zero attached hydrogens (tertiary/aromatic N) is 1. The zero-order chi connectivity index (χ0) is 16.1. The Balaban J connectivity index is 1.81. The molecular formula is C15H18N2O4S. The van der Waals surface area contributed by atoms with E-state index in [1.165, 1.54) is 6.92 Å². The summed E-state index contributed by atoms with van der Waals surface area (Å²) in [5, 5.41) is 11.7. The van der Waals surface area contributed by atoms with Crippen molar-refractivity contribution in [3.63, 3.8) is 0 Å². The van der Waals surface area contributed by atoms with E-state index in [1.54, 1.807) is 40.9 Å². The first kappa shape index (κ1) is 16.4. The van der Waals surface area contributed by atoms with Crippen molar-refractivity contribution in [1.29, 1.82) is 0 Å². The van der Waals surface area contributed by atoms with E-state index >= 15 is 0 Å². The van der Waals surface area contributed by atoms with Gasteiger partial charge >= 0.3 is 5.97 Å². The van der Waals surface area contributed by atoms with Gasteiger partial charge in [-0.05, 0) is 24.1 Å². The first-order valence-corrected chi connectivity index (χ1v) is 8.09. The van der Waals surface area contributed by atoms with E-state index in [-0.39, 0.29) is 17.4 Å². The van der Waals surface area contributed by atoms with E-state index in [4.69, 9.17) is 5.11 Å². The van der Waals surface area contributed by atoms with Crippen molar-refractivity contribution < 1.29 is 19.5 Å². The maximum Gasteiger partial charge on any atom is 0.335 e. The molecule has 1 atom stereocenters. The Labute approximate surface area is 132 Å². The highest BCUT2D eigenvalue weighted by molar-refractivity contribution is 7.99. The number of aromatic carboxylic acids is 1. The van der Waals surface area contributed by atoms with E-state index in [2.05, 4.69) is 5.32 Å². The number of carboxylic acid groups (broad SMARTS) is 1. The second-order valence-electron chi connectivity index (χ2n) is 5.05. The lowest BCUT2D eigenvalue weighted by molar-refractivity contribution is -0.136. The molecule has 22 heavy (non-hydrogen) atoms. The minimum Gasteiger partial charge on any atom is -0.478 e. The van der Waals surface area contributed by atoms with E-state index in [9.17, 15) is 14.4 Å². The van der Waals surface area contributed by atoms with Crippen molar-refractivity contribution in [2.75, 3.05) is 18.2 Å². The quantitative estimate of drug-likeness (QED) is 0.843. The van der Waals surface area contributed by atoms with Crippen LogP contribution in [0.3, 0.4) is 0 Å². The topological polar surface area (TPSA) is 86.7 Å². The van der Waals surface area contributed by atoms with Crippen LogP contribution in [0, 0.1) is 0 Å². The van der Waals surface area contributed by atoms with Crippen LogP contribution < -0.4 is 5.32 Å². The molecule has 1 aliphatic rings. The molecule has 0 aromatic heterocycles. The number of hydrogen-bond donors (Lipinski definition) is 2. The summed E-state index contributed by atoms with van der Waals surface area (Å²) >= 11 is 1.57. The van der Waals surface area contributed by atoms with Gasteiger partial charge < -0.3 is 15.3 Å². The molecule has 7 heteroatoms. The molecule has 0 radical (unpaired) electrons. The van der Waals surface area contributed by atoms with Gasteiger partial charge in [0.2, 0.25) is 11.8 Å². The molecule has 6 nitrogen and oxygen atoms in total. The zero-order valence-corrected chi connectivity index (χ0v) is 13.1. The fourth-order valence-electron chi connectivity index (χ4n) is 2.23. The maximum absolute atomic E-state index is 12.1. The van der Waals surface area contributed by atoms with E-state index in [1.807, 2.05) is 0 Å². The Morgan fingerprint density at radius 2 is 2.00 bits per heavy atom. The van der Waals surface area contributed by atoms with Crippen LogP contribution in [-0.4, -0.2) is 52.0 Å². The Bertz CT molecular complexity index is 573. The number of carboxylic acids is 1. The summed E-state index contributed by atoms with van der Waals surface area (Å²) in [6.07, 6.45) is 0.617. The Hall–Kier alpha value is -2.02. The first-order valence-electron chi connectivity index (χ1n) is 6.94. The molecule has 1 unspecified atom stereocenters. The average molecular weight is 322 g/mol. The average Bonchev–Trinajstić information content (AvgIpc) is 2.97. The smallest absolute Gasteiger partial charge is 0.335 e. The summed E-state index contributed by atoms with van der Waals surface area (Å²) in [5.74, 6) is 0.00247. The Morgan fingerprint density at radius 3 is 2.59 bits per heavy atom. The van der Waals surface area contributed by atoms with Gasteiger partial charge in [-0.3, -0.25) is 9.59 Å². The van der Waals surface area contributed by atoms with Gasteiger partial charge in [0.25, 0.3) is 0 Å². The number of thioether (sulfide) groups is 1. The molecule has 1 fully saturated rings. The first-order chi connectivity index (χ1) is 10.5. The molecule has 1 saturated heterocycles. The predicted octanol–water partition coefficient (Wildman–Crippen LogP) is 0.965. The van der Waals surface area contributed by atoms with Gasteiger partial charge in [0.1, 0.15) is 6.04 Å². The lowest BCUT2D eigenvalue weighted by Crippen LogP contribution is -2.46. The van der Waals surface area contributed by atoms with Crippen LogP contribution in [0.1, 0.15) is 22.8 Å². The standard InChI is InChI=1S/C15H18N2O4S/c1-10(18)17-9-22-8-13(17)14(19)16-7-6-11-2-4-12(5-3-11)15(20)21/h2-5,13H,6-9H2,1H3,(H,16,19)(H,20,21). The molecule has 1 aromatic rings. The van der Waals surface area contributed by atoms with Gasteiger partial charge in [-0.25, -0.2) is 4.79 Å². The fourth-order valence-corrected chi connectivity index (χ4v) is 3.45. The van der Waals surface area contributed by atoms with Gasteiger partial charge in [-0.1, -0.05) is 12.1 Å². The van der Waals surface area contributed by atoms with Crippen LogP contribution in [0.4, 0.5) is 0 Å². The van der Waals surface area contributed by atoms with Gasteiger partial charge in [0.15, 0.2) is 0 Å². The fraction of sp³-hybridized carbons (Fsp3) is 0.400. The summed E-state index contributed by atoms with van der Waals surface area (Å²) in [6.45, 7) is 1.92. The van der Waals surface area contributed by atoms with Crippen LogP contribution in [0.2, 0.25) is 0 Å². The van der Waals surface area contributed by atoms with Gasteiger partial charge in [-0.2, -0.15) is 0 Å². The number of carbonyl (C=O) groups excluding carboxylic acids is 2. The van der Waals surface area contributed by atoms with Crippen molar-refractivity contribution in [2.45, 2.75) is 19.4 Å². The number of rotatable bonds is 5. The summed E-state index contributed by atoms with van der Waals surface area (Å²) < 4.78 is 0. The minimum atomic E-state index is -0.956. The van der Waals surface area contributed by atoms with Gasteiger partial charge in [0, 0.05) is 19.2 Å². The molecule has 118 valence electrons. The molecular weight excluding hydrogens is 304 g/mol. The number of hydrogen-bond acceptors (Lipinski definition) is 4.